The van der Waals surface area contributed by atoms with E-state index in [0.717, 1.165) is 18.5 Å². The number of aryl methyl sites for hydroxylation is 1. The van der Waals surface area contributed by atoms with Crippen molar-refractivity contribution in [2.24, 2.45) is 18.9 Å². The van der Waals surface area contributed by atoms with Crippen LogP contribution in [0.1, 0.15) is 19.7 Å². The summed E-state index contributed by atoms with van der Waals surface area (Å²) >= 11 is 0. The van der Waals surface area contributed by atoms with E-state index in [-0.39, 0.29) is 0 Å². The van der Waals surface area contributed by atoms with E-state index in [1.807, 2.05) is 13.1 Å². The summed E-state index contributed by atoms with van der Waals surface area (Å²) in [5.74, 6) is 2.48. The smallest absolute Gasteiger partial charge is 0.109 e. The Bertz CT molecular complexity index is 515. The van der Waals surface area contributed by atoms with E-state index in [1.54, 1.807) is 0 Å². The van der Waals surface area contributed by atoms with Crippen LogP contribution in [0.15, 0.2) is 24.3 Å². The second kappa shape index (κ2) is 5.53. The van der Waals surface area contributed by atoms with Gasteiger partial charge >= 0.3 is 0 Å². The van der Waals surface area contributed by atoms with Crippen LogP contribution >= 0.6 is 0 Å². The van der Waals surface area contributed by atoms with E-state index in [9.17, 15) is 0 Å². The minimum Gasteiger partial charge on any atom is -0.331 e. The first-order chi connectivity index (χ1) is 8.63. The predicted octanol–water partition coefficient (Wildman–Crippen LogP) is 2.61. The van der Waals surface area contributed by atoms with Crippen LogP contribution in [0.2, 0.25) is 0 Å². The molecule has 1 aromatic heterocycles. The summed E-state index contributed by atoms with van der Waals surface area (Å²) in [6.07, 6.45) is 1.04. The Balaban J connectivity index is 2.19. The molecule has 2 unspecified atom stereocenters. The normalized spacial score (nSPS) is 14.9. The number of nitrogens with one attached hydrogen (secondary N) is 1. The van der Waals surface area contributed by atoms with Crippen LogP contribution in [0.4, 0.5) is 0 Å². The molecule has 0 saturated carbocycles. The maximum absolute atomic E-state index is 4.74. The Morgan fingerprint density at radius 1 is 1.22 bits per heavy atom. The quantitative estimate of drug-likeness (QED) is 0.877. The van der Waals surface area contributed by atoms with Gasteiger partial charge in [-0.25, -0.2) is 4.98 Å². The van der Waals surface area contributed by atoms with Gasteiger partial charge in [0.05, 0.1) is 11.0 Å². The number of para-hydroxylation sites is 2. The molecule has 3 heteroatoms. The summed E-state index contributed by atoms with van der Waals surface area (Å²) in [6, 6.07) is 8.33. The van der Waals surface area contributed by atoms with Crippen LogP contribution in [0.25, 0.3) is 11.0 Å². The molecule has 0 radical (unpaired) electrons. The monoisotopic (exact) mass is 245 g/mol. The van der Waals surface area contributed by atoms with Crippen molar-refractivity contribution >= 4 is 11.0 Å². The lowest BCUT2D eigenvalue weighted by Gasteiger charge is -2.19. The molecule has 0 bridgehead atoms. The van der Waals surface area contributed by atoms with Gasteiger partial charge in [0, 0.05) is 13.5 Å². The fourth-order valence-corrected chi connectivity index (χ4v) is 2.39. The molecule has 0 spiro atoms. The zero-order valence-corrected chi connectivity index (χ0v) is 11.8. The molecule has 1 aromatic carbocycles. The molecule has 1 heterocycles. The highest BCUT2D eigenvalue weighted by Gasteiger charge is 2.15. The van der Waals surface area contributed by atoms with E-state index in [0.29, 0.717) is 11.8 Å². The summed E-state index contributed by atoms with van der Waals surface area (Å²) in [4.78, 5) is 4.74. The third-order valence-electron chi connectivity index (χ3n) is 3.88. The molecule has 1 N–H and O–H groups in total. The second-order valence-corrected chi connectivity index (χ2v) is 5.29. The summed E-state index contributed by atoms with van der Waals surface area (Å²) < 4.78 is 2.22. The van der Waals surface area contributed by atoms with Crippen molar-refractivity contribution in [3.8, 4) is 0 Å². The lowest BCUT2D eigenvalue weighted by Crippen LogP contribution is -2.23. The van der Waals surface area contributed by atoms with Crippen molar-refractivity contribution in [2.75, 3.05) is 13.6 Å². The first kappa shape index (κ1) is 13.1. The van der Waals surface area contributed by atoms with Gasteiger partial charge in [-0.15, -0.1) is 0 Å². The summed E-state index contributed by atoms with van der Waals surface area (Å²) in [5, 5.41) is 3.25. The van der Waals surface area contributed by atoms with Crippen LogP contribution < -0.4 is 5.32 Å². The molecule has 0 aliphatic heterocycles. The highest BCUT2D eigenvalue weighted by Crippen LogP contribution is 2.20. The molecule has 0 saturated heterocycles. The Hall–Kier alpha value is -1.35. The standard InChI is InChI=1S/C15H23N3/c1-11(12(2)10-16-3)9-15-17-13-7-5-6-8-14(13)18(15)4/h5-8,11-12,16H,9-10H2,1-4H3. The van der Waals surface area contributed by atoms with E-state index in [4.69, 9.17) is 4.98 Å². The van der Waals surface area contributed by atoms with E-state index in [1.165, 1.54) is 11.3 Å². The lowest BCUT2D eigenvalue weighted by atomic mass is 9.92. The molecule has 2 atom stereocenters. The number of fused-ring (bicyclic) bond motifs is 1. The second-order valence-electron chi connectivity index (χ2n) is 5.29. The van der Waals surface area contributed by atoms with Gasteiger partial charge in [0.2, 0.25) is 0 Å². The fourth-order valence-electron chi connectivity index (χ4n) is 2.39. The maximum Gasteiger partial charge on any atom is 0.109 e. The summed E-state index contributed by atoms with van der Waals surface area (Å²) in [5.41, 5.74) is 2.32. The van der Waals surface area contributed by atoms with Crippen LogP contribution in [0, 0.1) is 11.8 Å². The highest BCUT2D eigenvalue weighted by atomic mass is 15.1. The minimum atomic E-state index is 0.632. The third-order valence-corrected chi connectivity index (χ3v) is 3.88. The lowest BCUT2D eigenvalue weighted by molar-refractivity contribution is 0.366. The molecular formula is C15H23N3. The van der Waals surface area contributed by atoms with Gasteiger partial charge in [0.1, 0.15) is 5.82 Å². The van der Waals surface area contributed by atoms with Crippen LogP contribution in [-0.4, -0.2) is 23.1 Å². The van der Waals surface area contributed by atoms with Crippen molar-refractivity contribution in [1.82, 2.24) is 14.9 Å². The number of hydrogen-bond acceptors (Lipinski definition) is 2. The van der Waals surface area contributed by atoms with E-state index in [2.05, 4.69) is 49.0 Å². The van der Waals surface area contributed by atoms with Crippen LogP contribution in [0.3, 0.4) is 0 Å². The topological polar surface area (TPSA) is 29.9 Å². The van der Waals surface area contributed by atoms with Gasteiger partial charge in [0.25, 0.3) is 0 Å². The van der Waals surface area contributed by atoms with Gasteiger partial charge in [-0.2, -0.15) is 0 Å². The molecule has 18 heavy (non-hydrogen) atoms. The number of aromatic nitrogens is 2. The number of hydrogen-bond donors (Lipinski definition) is 1. The van der Waals surface area contributed by atoms with Crippen molar-refractivity contribution in [1.29, 1.82) is 0 Å². The zero-order valence-electron chi connectivity index (χ0n) is 11.8. The van der Waals surface area contributed by atoms with Crippen molar-refractivity contribution in [2.45, 2.75) is 20.3 Å². The zero-order chi connectivity index (χ0) is 13.1. The molecule has 0 aliphatic rings. The fraction of sp³-hybridized carbons (Fsp3) is 0.533. The Morgan fingerprint density at radius 2 is 1.94 bits per heavy atom. The molecule has 0 fully saturated rings. The number of rotatable bonds is 5. The molecule has 98 valence electrons. The number of nitrogens with zero attached hydrogens (tertiary/aromatic N) is 2. The van der Waals surface area contributed by atoms with Crippen LogP contribution in [-0.2, 0) is 13.5 Å². The summed E-state index contributed by atoms with van der Waals surface area (Å²) in [6.45, 7) is 5.66. The first-order valence-electron chi connectivity index (χ1n) is 6.68. The van der Waals surface area contributed by atoms with Crippen molar-refractivity contribution in [3.05, 3.63) is 30.1 Å². The third kappa shape index (κ3) is 2.56. The molecule has 0 aliphatic carbocycles. The van der Waals surface area contributed by atoms with E-state index >= 15 is 0 Å². The van der Waals surface area contributed by atoms with Gasteiger partial charge < -0.3 is 9.88 Å². The van der Waals surface area contributed by atoms with Gasteiger partial charge in [0.15, 0.2) is 0 Å². The van der Waals surface area contributed by atoms with Gasteiger partial charge in [-0.3, -0.25) is 0 Å². The molecule has 2 rings (SSSR count). The minimum absolute atomic E-state index is 0.632. The van der Waals surface area contributed by atoms with Crippen molar-refractivity contribution in [3.63, 3.8) is 0 Å². The Morgan fingerprint density at radius 3 is 2.61 bits per heavy atom. The number of imidazole rings is 1. The summed E-state index contributed by atoms with van der Waals surface area (Å²) in [7, 11) is 4.12. The number of benzene rings is 1. The molecule has 0 amide bonds. The molecule has 3 nitrogen and oxygen atoms in total. The largest absolute Gasteiger partial charge is 0.331 e. The SMILES string of the molecule is CNCC(C)C(C)Cc1nc2ccccc2n1C. The highest BCUT2D eigenvalue weighted by molar-refractivity contribution is 5.75. The Labute approximate surface area is 109 Å². The first-order valence-corrected chi connectivity index (χ1v) is 6.68. The average Bonchev–Trinajstić information content (AvgIpc) is 2.67. The van der Waals surface area contributed by atoms with Crippen molar-refractivity contribution < 1.29 is 0 Å². The maximum atomic E-state index is 4.74. The average molecular weight is 245 g/mol. The van der Waals surface area contributed by atoms with Crippen LogP contribution in [0.5, 0.6) is 0 Å². The van der Waals surface area contributed by atoms with Gasteiger partial charge in [-0.1, -0.05) is 26.0 Å². The molecule has 2 aromatic rings. The Kier molecular flexibility index (Phi) is 4.02. The van der Waals surface area contributed by atoms with E-state index < -0.39 is 0 Å². The van der Waals surface area contributed by atoms with Gasteiger partial charge in [-0.05, 0) is 37.6 Å². The predicted molar refractivity (Wildman–Crippen MR) is 76.7 cm³/mol. The molecular weight excluding hydrogens is 222 g/mol.